The van der Waals surface area contributed by atoms with Crippen molar-refractivity contribution in [2.45, 2.75) is 105 Å². The molecule has 6 aromatic heterocycles. The minimum atomic E-state index is 0.0349. The van der Waals surface area contributed by atoms with E-state index in [0.717, 1.165) is 0 Å². The number of aromatic nitrogens is 2. The maximum Gasteiger partial charge on any atom is 0.0627 e. The van der Waals surface area contributed by atoms with E-state index in [2.05, 4.69) is 335 Å². The molecule has 0 bridgehead atoms. The summed E-state index contributed by atoms with van der Waals surface area (Å²) in [5.41, 5.74) is 27.5. The zero-order valence-corrected chi connectivity index (χ0v) is 59.4. The van der Waals surface area contributed by atoms with Gasteiger partial charge in [-0.25, -0.2) is 0 Å². The van der Waals surface area contributed by atoms with Gasteiger partial charge in [0, 0.05) is 83.4 Å². The molecule has 13 aromatic carbocycles. The summed E-state index contributed by atoms with van der Waals surface area (Å²) in [6.45, 7) is 27.6. The number of hydrogen-bond acceptors (Lipinski definition) is 2. The van der Waals surface area contributed by atoms with Gasteiger partial charge in [0.15, 0.2) is 0 Å². The van der Waals surface area contributed by atoms with E-state index in [1.54, 1.807) is 0 Å². The van der Waals surface area contributed by atoms with Gasteiger partial charge in [-0.3, -0.25) is 0 Å². The number of nitrogens with zero attached hydrogens (tertiary/aromatic N) is 2. The molecule has 0 saturated carbocycles. The summed E-state index contributed by atoms with van der Waals surface area (Å²) in [7, 11) is 0. The molecule has 0 fully saturated rings. The molecule has 98 heavy (non-hydrogen) atoms. The van der Waals surface area contributed by atoms with Crippen LogP contribution in [0.25, 0.3) is 183 Å². The van der Waals surface area contributed by atoms with Crippen molar-refractivity contribution in [1.82, 2.24) is 8.80 Å². The van der Waals surface area contributed by atoms with Crippen LogP contribution in [0, 0.1) is 0 Å². The summed E-state index contributed by atoms with van der Waals surface area (Å²) in [4.78, 5) is 0. The lowest BCUT2D eigenvalue weighted by atomic mass is 9.85. The van der Waals surface area contributed by atoms with Crippen LogP contribution in [0.2, 0.25) is 0 Å². The molecule has 19 aromatic rings. The molecule has 0 amide bonds. The lowest BCUT2D eigenvalue weighted by molar-refractivity contribution is 0.590. The molecule has 19 rings (SSSR count). The molecule has 0 aliphatic rings. The Balaban J connectivity index is 0.944. The van der Waals surface area contributed by atoms with Gasteiger partial charge < -0.3 is 8.80 Å². The zero-order chi connectivity index (χ0) is 66.8. The first-order valence-electron chi connectivity index (χ1n) is 34.9. The van der Waals surface area contributed by atoms with Crippen LogP contribution in [0.4, 0.5) is 0 Å². The molecular weight excluding hydrogens is 1220 g/mol. The van der Waals surface area contributed by atoms with Crippen molar-refractivity contribution >= 4 is 139 Å². The second-order valence-corrected chi connectivity index (χ2v) is 34.2. The van der Waals surface area contributed by atoms with Gasteiger partial charge in [0.25, 0.3) is 0 Å². The van der Waals surface area contributed by atoms with Crippen molar-refractivity contribution in [1.29, 1.82) is 0 Å². The SMILES string of the molecule is CC(C)(C)c1ccc(-c2cc(-c3ccc(C(C)(C)C)cc3)cc(-c3ccc4c5c6sc7ccccc7c6ccc5n5c6cc7c8c(-c9cc(-c%10ccc(C(C)(C)C)cc%10)cc(-c%10ccc(C(C)(C)C)cc%10)c9)ccc9c%10c%11sc%12ccccc%12c%11ccc%10n(c7cc6c3c45)c98)c2)cc1. The van der Waals surface area contributed by atoms with E-state index >= 15 is 0 Å². The van der Waals surface area contributed by atoms with Crippen LogP contribution >= 0.6 is 22.7 Å². The van der Waals surface area contributed by atoms with Crippen LogP contribution < -0.4 is 0 Å². The highest BCUT2D eigenvalue weighted by atomic mass is 32.1. The van der Waals surface area contributed by atoms with Crippen molar-refractivity contribution < 1.29 is 0 Å². The van der Waals surface area contributed by atoms with Crippen molar-refractivity contribution in [3.8, 4) is 66.8 Å². The van der Waals surface area contributed by atoms with Crippen molar-refractivity contribution in [2.24, 2.45) is 0 Å². The Kier molecular flexibility index (Phi) is 12.5. The molecular formula is C94H76N2S2. The van der Waals surface area contributed by atoms with Crippen LogP contribution in [0.3, 0.4) is 0 Å². The van der Waals surface area contributed by atoms with E-state index in [9.17, 15) is 0 Å². The summed E-state index contributed by atoms with van der Waals surface area (Å²) < 4.78 is 10.6. The zero-order valence-electron chi connectivity index (χ0n) is 57.8. The normalized spacial score (nSPS) is 13.1. The molecule has 6 heterocycles. The Bertz CT molecular complexity index is 5960. The largest absolute Gasteiger partial charge is 0.308 e. The molecule has 0 N–H and O–H groups in total. The minimum Gasteiger partial charge on any atom is -0.308 e. The fourth-order valence-corrected chi connectivity index (χ4v) is 19.0. The quantitative estimate of drug-likeness (QED) is 0.157. The van der Waals surface area contributed by atoms with Crippen LogP contribution in [-0.2, 0) is 21.7 Å². The van der Waals surface area contributed by atoms with Crippen LogP contribution in [-0.4, -0.2) is 8.80 Å². The van der Waals surface area contributed by atoms with E-state index in [0.29, 0.717) is 0 Å². The second kappa shape index (κ2) is 20.7. The molecule has 0 spiro atoms. The number of thiophene rings is 2. The van der Waals surface area contributed by atoms with Crippen LogP contribution in [0.1, 0.15) is 105 Å². The Hall–Kier alpha value is -10.1. The average molecular weight is 1300 g/mol. The highest BCUT2D eigenvalue weighted by Crippen LogP contribution is 2.54. The standard InChI is InChI=1S/C94H76N2S2/c1-91(2,3)63-29-21-53(22-30-63)57-45-58(54-23-31-64(32-24-54)92(4,5)6)48-61(47-57)67-37-39-73-85-77(43-41-71-69-17-13-15-19-81(69)97-89(71)85)95-79-52-76-80(51-75(79)83(67)87(73)95)96-78-44-42-72-70-18-14-16-20-82(70)98-90(72)86(78)74-40-38-68(84(76)88(74)96)62-49-59(55-25-33-65(34-26-55)93(7,8)9)46-60(50-62)56-27-35-66(36-28-56)94(10,11)12/h13-52H,1-12H3. The van der Waals surface area contributed by atoms with Gasteiger partial charge in [0.05, 0.1) is 33.1 Å². The number of fused-ring (bicyclic) bond motifs is 20. The third-order valence-corrected chi connectivity index (χ3v) is 24.2. The monoisotopic (exact) mass is 1300 g/mol. The molecule has 0 aliphatic carbocycles. The predicted octanol–water partition coefficient (Wildman–Crippen LogP) is 27.9. The lowest BCUT2D eigenvalue weighted by Crippen LogP contribution is -2.10. The molecule has 2 nitrogen and oxygen atoms in total. The summed E-state index contributed by atoms with van der Waals surface area (Å²) >= 11 is 3.87. The Morgan fingerprint density at radius 3 is 0.837 bits per heavy atom. The Morgan fingerprint density at radius 1 is 0.224 bits per heavy atom. The average Bonchev–Trinajstić information content (AvgIpc) is 1.51. The van der Waals surface area contributed by atoms with E-state index in [4.69, 9.17) is 0 Å². The van der Waals surface area contributed by atoms with Crippen molar-refractivity contribution in [3.05, 3.63) is 265 Å². The third-order valence-electron chi connectivity index (χ3n) is 21.8. The first-order chi connectivity index (χ1) is 47.1. The first kappa shape index (κ1) is 59.2. The number of hydrogen-bond donors (Lipinski definition) is 0. The van der Waals surface area contributed by atoms with Gasteiger partial charge in [0.1, 0.15) is 0 Å². The van der Waals surface area contributed by atoms with Gasteiger partial charge >= 0.3 is 0 Å². The lowest BCUT2D eigenvalue weighted by Gasteiger charge is -2.20. The van der Waals surface area contributed by atoms with E-state index in [1.807, 2.05) is 22.7 Å². The fraction of sp³-hybridized carbons (Fsp3) is 0.170. The summed E-state index contributed by atoms with van der Waals surface area (Å²) in [5, 5.41) is 15.6. The molecule has 0 atom stereocenters. The van der Waals surface area contributed by atoms with Gasteiger partial charge in [-0.15, -0.1) is 22.7 Å². The van der Waals surface area contributed by atoms with Crippen LogP contribution in [0.15, 0.2) is 243 Å². The highest BCUT2D eigenvalue weighted by Gasteiger charge is 2.30. The topological polar surface area (TPSA) is 8.82 Å². The van der Waals surface area contributed by atoms with Crippen molar-refractivity contribution in [3.63, 3.8) is 0 Å². The smallest absolute Gasteiger partial charge is 0.0627 e. The maximum absolute atomic E-state index is 2.66. The fourth-order valence-electron chi connectivity index (χ4n) is 16.5. The van der Waals surface area contributed by atoms with Crippen LogP contribution in [0.5, 0.6) is 0 Å². The summed E-state index contributed by atoms with van der Waals surface area (Å²) in [6.07, 6.45) is 0. The summed E-state index contributed by atoms with van der Waals surface area (Å²) in [5.74, 6) is 0. The van der Waals surface area contributed by atoms with Gasteiger partial charge in [-0.1, -0.05) is 253 Å². The first-order valence-corrected chi connectivity index (χ1v) is 36.5. The van der Waals surface area contributed by atoms with E-state index in [1.165, 1.54) is 206 Å². The summed E-state index contributed by atoms with van der Waals surface area (Å²) in [6, 6.07) is 94.8. The van der Waals surface area contributed by atoms with Crippen molar-refractivity contribution in [2.75, 3.05) is 0 Å². The van der Waals surface area contributed by atoms with Gasteiger partial charge in [-0.2, -0.15) is 0 Å². The molecule has 0 radical (unpaired) electrons. The predicted molar refractivity (Wildman–Crippen MR) is 429 cm³/mol. The highest BCUT2D eigenvalue weighted by molar-refractivity contribution is 7.27. The molecule has 474 valence electrons. The Labute approximate surface area is 580 Å². The molecule has 0 aliphatic heterocycles. The Morgan fingerprint density at radius 2 is 0.520 bits per heavy atom. The van der Waals surface area contributed by atoms with Gasteiger partial charge in [0.2, 0.25) is 0 Å². The number of benzene rings is 13. The molecule has 4 heteroatoms. The third kappa shape index (κ3) is 8.89. The van der Waals surface area contributed by atoms with E-state index in [-0.39, 0.29) is 21.7 Å². The molecule has 0 saturated heterocycles. The molecule has 0 unspecified atom stereocenters. The number of rotatable bonds is 6. The second-order valence-electron chi connectivity index (χ2n) is 32.1. The van der Waals surface area contributed by atoms with E-state index < -0.39 is 0 Å². The minimum absolute atomic E-state index is 0.0349. The maximum atomic E-state index is 2.66. The van der Waals surface area contributed by atoms with Gasteiger partial charge in [-0.05, 0) is 183 Å².